The highest BCUT2D eigenvalue weighted by Crippen LogP contribution is 2.11. The van der Waals surface area contributed by atoms with Gasteiger partial charge < -0.3 is 39.1 Å². The monoisotopic (exact) mass is 422 g/mol. The smallest absolute Gasteiger partial charge is 0.225 e. The van der Waals surface area contributed by atoms with Gasteiger partial charge in [0.25, 0.3) is 0 Å². The standard InChI is InChI=1S/C20H42N2O7/c1-20(2,3)22(4)19(23)5-7-24-9-11-26-13-15-28-17-18-29-16-14-27-12-10-25-8-6-21/h5-18,21H2,1-4H3. The molecule has 0 aromatic carbocycles. The topological polar surface area (TPSA) is 102 Å². The molecule has 2 N–H and O–H groups in total. The first-order valence-corrected chi connectivity index (χ1v) is 10.3. The first kappa shape index (κ1) is 28.2. The molecule has 9 nitrogen and oxygen atoms in total. The van der Waals surface area contributed by atoms with Crippen molar-refractivity contribution in [2.45, 2.75) is 32.7 Å². The van der Waals surface area contributed by atoms with Crippen molar-refractivity contribution in [2.24, 2.45) is 5.73 Å². The van der Waals surface area contributed by atoms with Gasteiger partial charge in [0.2, 0.25) is 5.91 Å². The number of nitrogens with zero attached hydrogens (tertiary/aromatic N) is 1. The Kier molecular flexibility index (Phi) is 18.6. The Morgan fingerprint density at radius 3 is 1.28 bits per heavy atom. The Labute approximate surface area is 176 Å². The number of carbonyl (C=O) groups is 1. The van der Waals surface area contributed by atoms with Crippen LogP contribution in [0.5, 0.6) is 0 Å². The largest absolute Gasteiger partial charge is 0.379 e. The maximum atomic E-state index is 11.9. The van der Waals surface area contributed by atoms with E-state index < -0.39 is 0 Å². The van der Waals surface area contributed by atoms with Crippen LogP contribution in [0.4, 0.5) is 0 Å². The molecule has 174 valence electrons. The van der Waals surface area contributed by atoms with Crippen molar-refractivity contribution in [3.8, 4) is 0 Å². The fourth-order valence-corrected chi connectivity index (χ4v) is 1.99. The number of rotatable bonds is 20. The minimum atomic E-state index is -0.168. The van der Waals surface area contributed by atoms with Gasteiger partial charge in [-0.05, 0) is 20.8 Å². The molecule has 0 saturated carbocycles. The minimum Gasteiger partial charge on any atom is -0.379 e. The van der Waals surface area contributed by atoms with Gasteiger partial charge >= 0.3 is 0 Å². The Bertz CT molecular complexity index is 378. The van der Waals surface area contributed by atoms with Crippen molar-refractivity contribution in [1.29, 1.82) is 0 Å². The van der Waals surface area contributed by atoms with Gasteiger partial charge in [-0.3, -0.25) is 4.79 Å². The molecule has 0 saturated heterocycles. The molecule has 0 aliphatic carbocycles. The molecule has 0 spiro atoms. The van der Waals surface area contributed by atoms with Crippen LogP contribution < -0.4 is 5.73 Å². The third-order valence-corrected chi connectivity index (χ3v) is 3.96. The van der Waals surface area contributed by atoms with E-state index in [1.54, 1.807) is 4.90 Å². The quantitative estimate of drug-likeness (QED) is 0.286. The normalized spacial score (nSPS) is 11.8. The summed E-state index contributed by atoms with van der Waals surface area (Å²) >= 11 is 0. The average molecular weight is 423 g/mol. The predicted octanol–water partition coefficient (Wildman–Crippen LogP) is 0.692. The summed E-state index contributed by atoms with van der Waals surface area (Å²) in [6.07, 6.45) is 0.379. The zero-order chi connectivity index (χ0) is 21.8. The lowest BCUT2D eigenvalue weighted by Crippen LogP contribution is -2.42. The van der Waals surface area contributed by atoms with Crippen molar-refractivity contribution in [1.82, 2.24) is 4.90 Å². The van der Waals surface area contributed by atoms with Crippen molar-refractivity contribution in [2.75, 3.05) is 92.9 Å². The lowest BCUT2D eigenvalue weighted by Gasteiger charge is -2.32. The summed E-state index contributed by atoms with van der Waals surface area (Å²) < 4.78 is 32.2. The molecular formula is C20H42N2O7. The molecular weight excluding hydrogens is 380 g/mol. The van der Waals surface area contributed by atoms with Crippen LogP contribution in [0.1, 0.15) is 27.2 Å². The summed E-state index contributed by atoms with van der Waals surface area (Å²) in [6, 6.07) is 0. The summed E-state index contributed by atoms with van der Waals surface area (Å²) in [4.78, 5) is 13.7. The number of amides is 1. The van der Waals surface area contributed by atoms with Gasteiger partial charge in [0, 0.05) is 19.1 Å². The van der Waals surface area contributed by atoms with Gasteiger partial charge in [-0.1, -0.05) is 0 Å². The van der Waals surface area contributed by atoms with Gasteiger partial charge in [-0.2, -0.15) is 0 Å². The average Bonchev–Trinajstić information content (AvgIpc) is 2.68. The molecule has 9 heteroatoms. The summed E-state index contributed by atoms with van der Waals surface area (Å²) in [5.41, 5.74) is 5.14. The SMILES string of the molecule is CN(C(=O)CCOCCOCCOCCOCCOCCOCCN)C(C)(C)C. The fourth-order valence-electron chi connectivity index (χ4n) is 1.99. The van der Waals surface area contributed by atoms with Gasteiger partial charge in [-0.15, -0.1) is 0 Å². The fraction of sp³-hybridized carbons (Fsp3) is 0.950. The predicted molar refractivity (Wildman–Crippen MR) is 111 cm³/mol. The summed E-state index contributed by atoms with van der Waals surface area (Å²) in [7, 11) is 1.81. The van der Waals surface area contributed by atoms with Crippen molar-refractivity contribution < 1.29 is 33.2 Å². The van der Waals surface area contributed by atoms with E-state index in [0.29, 0.717) is 92.2 Å². The van der Waals surface area contributed by atoms with E-state index in [1.165, 1.54) is 0 Å². The van der Waals surface area contributed by atoms with E-state index in [1.807, 2.05) is 27.8 Å². The van der Waals surface area contributed by atoms with Crippen molar-refractivity contribution in [3.05, 3.63) is 0 Å². The maximum absolute atomic E-state index is 11.9. The second-order valence-corrected chi connectivity index (χ2v) is 7.34. The summed E-state index contributed by atoms with van der Waals surface area (Å²) in [6.45, 7) is 12.7. The highest BCUT2D eigenvalue weighted by Gasteiger charge is 2.21. The Balaban J connectivity index is 3.20. The molecule has 0 unspecified atom stereocenters. The summed E-state index contributed by atoms with van der Waals surface area (Å²) in [5.74, 6) is 0.0807. The van der Waals surface area contributed by atoms with E-state index in [-0.39, 0.29) is 11.4 Å². The first-order chi connectivity index (χ1) is 13.9. The molecule has 0 aliphatic rings. The minimum absolute atomic E-state index is 0.0807. The van der Waals surface area contributed by atoms with Crippen LogP contribution in [0.2, 0.25) is 0 Å². The first-order valence-electron chi connectivity index (χ1n) is 10.3. The van der Waals surface area contributed by atoms with Crippen LogP contribution in [0.25, 0.3) is 0 Å². The van der Waals surface area contributed by atoms with Crippen LogP contribution in [-0.4, -0.2) is 109 Å². The Morgan fingerprint density at radius 1 is 0.655 bits per heavy atom. The second kappa shape index (κ2) is 19.2. The van der Waals surface area contributed by atoms with Crippen LogP contribution in [0.3, 0.4) is 0 Å². The van der Waals surface area contributed by atoms with Crippen LogP contribution in [-0.2, 0) is 33.2 Å². The number of ether oxygens (including phenoxy) is 6. The van der Waals surface area contributed by atoms with Crippen LogP contribution in [0.15, 0.2) is 0 Å². The van der Waals surface area contributed by atoms with Gasteiger partial charge in [0.15, 0.2) is 0 Å². The highest BCUT2D eigenvalue weighted by molar-refractivity contribution is 5.76. The lowest BCUT2D eigenvalue weighted by atomic mass is 10.1. The molecule has 0 bridgehead atoms. The van der Waals surface area contributed by atoms with E-state index >= 15 is 0 Å². The molecule has 1 amide bonds. The van der Waals surface area contributed by atoms with Crippen LogP contribution in [0, 0.1) is 0 Å². The zero-order valence-corrected chi connectivity index (χ0v) is 18.8. The van der Waals surface area contributed by atoms with Crippen molar-refractivity contribution in [3.63, 3.8) is 0 Å². The molecule has 0 radical (unpaired) electrons. The van der Waals surface area contributed by atoms with E-state index in [9.17, 15) is 4.79 Å². The van der Waals surface area contributed by atoms with Gasteiger partial charge in [0.05, 0.1) is 85.7 Å². The summed E-state index contributed by atoms with van der Waals surface area (Å²) in [5, 5.41) is 0. The molecule has 0 aromatic heterocycles. The van der Waals surface area contributed by atoms with Gasteiger partial charge in [0.1, 0.15) is 0 Å². The van der Waals surface area contributed by atoms with E-state index in [4.69, 9.17) is 34.2 Å². The van der Waals surface area contributed by atoms with Crippen molar-refractivity contribution >= 4 is 5.91 Å². The second-order valence-electron chi connectivity index (χ2n) is 7.34. The Morgan fingerprint density at radius 2 is 0.966 bits per heavy atom. The molecule has 0 fully saturated rings. The third kappa shape index (κ3) is 18.9. The number of nitrogens with two attached hydrogens (primary N) is 1. The number of carbonyl (C=O) groups excluding carboxylic acids is 1. The zero-order valence-electron chi connectivity index (χ0n) is 18.8. The number of hydrogen-bond acceptors (Lipinski definition) is 8. The van der Waals surface area contributed by atoms with E-state index in [0.717, 1.165) is 0 Å². The maximum Gasteiger partial charge on any atom is 0.225 e. The van der Waals surface area contributed by atoms with Gasteiger partial charge in [-0.25, -0.2) is 0 Å². The third-order valence-electron chi connectivity index (χ3n) is 3.96. The molecule has 0 heterocycles. The molecule has 0 rings (SSSR count). The lowest BCUT2D eigenvalue weighted by molar-refractivity contribution is -0.135. The highest BCUT2D eigenvalue weighted by atomic mass is 16.6. The number of hydrogen-bond donors (Lipinski definition) is 1. The van der Waals surface area contributed by atoms with E-state index in [2.05, 4.69) is 0 Å². The molecule has 0 aliphatic heterocycles. The molecule has 0 atom stereocenters. The molecule has 29 heavy (non-hydrogen) atoms. The Hall–Kier alpha value is -0.810. The molecule has 0 aromatic rings. The van der Waals surface area contributed by atoms with Crippen LogP contribution >= 0.6 is 0 Å².